The van der Waals surface area contributed by atoms with E-state index in [0.717, 1.165) is 37.1 Å². The van der Waals surface area contributed by atoms with E-state index in [-0.39, 0.29) is 11.8 Å². The van der Waals surface area contributed by atoms with Gasteiger partial charge in [-0.3, -0.25) is 9.59 Å². The van der Waals surface area contributed by atoms with Gasteiger partial charge in [0.1, 0.15) is 0 Å². The molecule has 0 unspecified atom stereocenters. The summed E-state index contributed by atoms with van der Waals surface area (Å²) in [7, 11) is 0. The summed E-state index contributed by atoms with van der Waals surface area (Å²) in [6, 6.07) is 8.44. The molecule has 0 radical (unpaired) electrons. The van der Waals surface area contributed by atoms with Crippen molar-refractivity contribution in [2.75, 3.05) is 26.2 Å². The van der Waals surface area contributed by atoms with Crippen LogP contribution in [-0.2, 0) is 35.3 Å². The number of fused-ring (bicyclic) bond motifs is 1. The lowest BCUT2D eigenvalue weighted by Gasteiger charge is -2.22. The molecule has 0 atom stereocenters. The lowest BCUT2D eigenvalue weighted by atomic mass is 10.0. The summed E-state index contributed by atoms with van der Waals surface area (Å²) in [6.45, 7) is 2.71. The smallest absolute Gasteiger partial charge is 0.227 e. The number of nitrogens with zero attached hydrogens (tertiary/aromatic N) is 2. The lowest BCUT2D eigenvalue weighted by molar-refractivity contribution is -0.132. The van der Waals surface area contributed by atoms with Gasteiger partial charge in [0.25, 0.3) is 0 Å². The highest BCUT2D eigenvalue weighted by molar-refractivity contribution is 5.80. The van der Waals surface area contributed by atoms with Gasteiger partial charge in [-0.15, -0.1) is 0 Å². The van der Waals surface area contributed by atoms with E-state index >= 15 is 0 Å². The zero-order valence-corrected chi connectivity index (χ0v) is 15.7. The first-order valence-corrected chi connectivity index (χ1v) is 9.97. The van der Waals surface area contributed by atoms with Crippen LogP contribution in [-0.4, -0.2) is 52.8 Å². The summed E-state index contributed by atoms with van der Waals surface area (Å²) in [6.07, 6.45) is 8.96. The van der Waals surface area contributed by atoms with Crippen molar-refractivity contribution in [1.82, 2.24) is 14.8 Å². The second-order valence-electron chi connectivity index (χ2n) is 7.64. The number of nitrogens with one attached hydrogen (secondary N) is 1. The van der Waals surface area contributed by atoms with E-state index in [9.17, 15) is 9.59 Å². The molecule has 1 aliphatic heterocycles. The predicted molar refractivity (Wildman–Crippen MR) is 104 cm³/mol. The number of hydrogen-bond donors (Lipinski definition) is 1. The minimum Gasteiger partial charge on any atom is -0.367 e. The molecule has 1 aromatic carbocycles. The number of carbonyl (C=O) groups is 2. The van der Waals surface area contributed by atoms with E-state index in [4.69, 9.17) is 0 Å². The molecule has 0 saturated carbocycles. The lowest BCUT2D eigenvalue weighted by Crippen LogP contribution is -2.38. The fourth-order valence-electron chi connectivity index (χ4n) is 4.19. The number of benzene rings is 1. The summed E-state index contributed by atoms with van der Waals surface area (Å²) in [5, 5.41) is 0. The van der Waals surface area contributed by atoms with Crippen LogP contribution in [0.5, 0.6) is 0 Å². The fourth-order valence-corrected chi connectivity index (χ4v) is 4.19. The monoisotopic (exact) mass is 365 g/mol. The Morgan fingerprint density at radius 2 is 1.52 bits per heavy atom. The number of aryl methyl sites for hydroxylation is 2. The van der Waals surface area contributed by atoms with Gasteiger partial charge in [0.2, 0.25) is 11.8 Å². The average molecular weight is 365 g/mol. The first kappa shape index (κ1) is 17.8. The average Bonchev–Trinajstić information content (AvgIpc) is 3.27. The van der Waals surface area contributed by atoms with E-state index in [0.29, 0.717) is 25.9 Å². The molecular formula is C22H27N3O2. The maximum Gasteiger partial charge on any atom is 0.227 e. The van der Waals surface area contributed by atoms with Crippen LogP contribution in [0.15, 0.2) is 36.7 Å². The number of rotatable bonds is 4. The van der Waals surface area contributed by atoms with Crippen molar-refractivity contribution in [3.8, 4) is 0 Å². The topological polar surface area (TPSA) is 56.4 Å². The van der Waals surface area contributed by atoms with Crippen LogP contribution in [0.25, 0.3) is 0 Å². The zero-order valence-electron chi connectivity index (χ0n) is 15.7. The van der Waals surface area contributed by atoms with Gasteiger partial charge in [0.15, 0.2) is 0 Å². The van der Waals surface area contributed by atoms with E-state index in [1.54, 1.807) is 0 Å². The molecular weight excluding hydrogens is 338 g/mol. The highest BCUT2D eigenvalue weighted by Gasteiger charge is 2.22. The zero-order chi connectivity index (χ0) is 18.6. The number of aromatic nitrogens is 1. The summed E-state index contributed by atoms with van der Waals surface area (Å²) >= 11 is 0. The van der Waals surface area contributed by atoms with Crippen molar-refractivity contribution in [1.29, 1.82) is 0 Å². The van der Waals surface area contributed by atoms with Crippen molar-refractivity contribution in [2.24, 2.45) is 0 Å². The largest absolute Gasteiger partial charge is 0.367 e. The number of H-pyrrole nitrogens is 1. The molecule has 2 amide bonds. The molecule has 1 aromatic heterocycles. The number of hydrogen-bond acceptors (Lipinski definition) is 2. The summed E-state index contributed by atoms with van der Waals surface area (Å²) in [5.74, 6) is 0.315. The quantitative estimate of drug-likeness (QED) is 0.904. The molecule has 4 rings (SSSR count). The molecule has 0 spiro atoms. The molecule has 27 heavy (non-hydrogen) atoms. The molecule has 5 nitrogen and oxygen atoms in total. The molecule has 2 aliphatic rings. The minimum absolute atomic E-state index is 0.141. The van der Waals surface area contributed by atoms with Crippen LogP contribution < -0.4 is 0 Å². The molecule has 5 heteroatoms. The van der Waals surface area contributed by atoms with Crippen molar-refractivity contribution >= 4 is 11.8 Å². The van der Waals surface area contributed by atoms with Gasteiger partial charge in [-0.1, -0.05) is 18.2 Å². The molecule has 2 heterocycles. The Morgan fingerprint density at radius 1 is 0.815 bits per heavy atom. The minimum atomic E-state index is 0.141. The number of amides is 2. The Kier molecular flexibility index (Phi) is 5.28. The molecule has 1 saturated heterocycles. The van der Waals surface area contributed by atoms with Crippen LogP contribution in [0.2, 0.25) is 0 Å². The van der Waals surface area contributed by atoms with Crippen LogP contribution in [0.4, 0.5) is 0 Å². The van der Waals surface area contributed by atoms with E-state index in [1.165, 1.54) is 24.0 Å². The van der Waals surface area contributed by atoms with Crippen LogP contribution in [0.3, 0.4) is 0 Å². The van der Waals surface area contributed by atoms with Crippen LogP contribution in [0, 0.1) is 0 Å². The molecule has 142 valence electrons. The third-order valence-electron chi connectivity index (χ3n) is 5.74. The Bertz CT molecular complexity index is 813. The van der Waals surface area contributed by atoms with E-state index < -0.39 is 0 Å². The highest BCUT2D eigenvalue weighted by atomic mass is 16.2. The predicted octanol–water partition coefficient (Wildman–Crippen LogP) is 2.35. The molecule has 0 bridgehead atoms. The summed E-state index contributed by atoms with van der Waals surface area (Å²) < 4.78 is 0. The van der Waals surface area contributed by atoms with Gasteiger partial charge in [0.05, 0.1) is 12.8 Å². The van der Waals surface area contributed by atoms with Crippen molar-refractivity contribution in [3.63, 3.8) is 0 Å². The van der Waals surface area contributed by atoms with Gasteiger partial charge in [-0.2, -0.15) is 0 Å². The second-order valence-corrected chi connectivity index (χ2v) is 7.64. The first-order valence-electron chi connectivity index (χ1n) is 9.97. The SMILES string of the molecule is O=C(Cc1cc[nH]c1)N1CCCN(C(=O)Cc2ccc3c(c2)CCC3)CC1. The Hall–Kier alpha value is -2.56. The van der Waals surface area contributed by atoms with E-state index in [1.807, 2.05) is 28.3 Å². The summed E-state index contributed by atoms with van der Waals surface area (Å²) in [4.78, 5) is 32.1. The molecule has 1 N–H and O–H groups in total. The maximum atomic E-state index is 12.8. The van der Waals surface area contributed by atoms with Gasteiger partial charge < -0.3 is 14.8 Å². The maximum absolute atomic E-state index is 12.8. The molecule has 2 aromatic rings. The Morgan fingerprint density at radius 3 is 2.22 bits per heavy atom. The fraction of sp³-hybridized carbons (Fsp3) is 0.455. The number of aromatic amines is 1. The van der Waals surface area contributed by atoms with Crippen LogP contribution >= 0.6 is 0 Å². The first-order chi connectivity index (χ1) is 13.2. The Balaban J connectivity index is 1.32. The normalized spacial score (nSPS) is 16.9. The molecule has 1 fully saturated rings. The highest BCUT2D eigenvalue weighted by Crippen LogP contribution is 2.23. The van der Waals surface area contributed by atoms with Gasteiger partial charge in [-0.25, -0.2) is 0 Å². The third kappa shape index (κ3) is 4.24. The molecule has 1 aliphatic carbocycles. The van der Waals surface area contributed by atoms with Crippen molar-refractivity contribution in [2.45, 2.75) is 38.5 Å². The Labute approximate surface area is 160 Å². The van der Waals surface area contributed by atoms with Gasteiger partial charge in [0, 0.05) is 38.6 Å². The standard InChI is InChI=1S/C22H27N3O2/c26-21(14-17-5-6-19-3-1-4-20(19)13-17)24-9-2-10-25(12-11-24)22(27)15-18-7-8-23-16-18/h5-8,13,16,23H,1-4,9-12,14-15H2. The number of carbonyl (C=O) groups excluding carboxylic acids is 2. The second kappa shape index (κ2) is 7.99. The summed E-state index contributed by atoms with van der Waals surface area (Å²) in [5.41, 5.74) is 4.98. The van der Waals surface area contributed by atoms with Gasteiger partial charge in [-0.05, 0) is 54.0 Å². The van der Waals surface area contributed by atoms with Gasteiger partial charge >= 0.3 is 0 Å². The third-order valence-corrected chi connectivity index (χ3v) is 5.74. The van der Waals surface area contributed by atoms with Crippen molar-refractivity contribution < 1.29 is 9.59 Å². The van der Waals surface area contributed by atoms with Crippen LogP contribution in [0.1, 0.15) is 35.1 Å². The van der Waals surface area contributed by atoms with E-state index in [2.05, 4.69) is 23.2 Å². The van der Waals surface area contributed by atoms with Crippen molar-refractivity contribution in [3.05, 3.63) is 58.9 Å².